The summed E-state index contributed by atoms with van der Waals surface area (Å²) in [6.07, 6.45) is 2.83. The molecule has 26 heavy (non-hydrogen) atoms. The molecule has 2 atom stereocenters. The summed E-state index contributed by atoms with van der Waals surface area (Å²) in [4.78, 5) is 6.75. The first kappa shape index (κ1) is 16.8. The number of hydrogen-bond donors (Lipinski definition) is 1. The number of hydrogen-bond acceptors (Lipinski definition) is 3. The molecule has 3 aromatic rings. The van der Waals surface area contributed by atoms with E-state index in [9.17, 15) is 0 Å². The van der Waals surface area contributed by atoms with Crippen LogP contribution in [0.3, 0.4) is 0 Å². The molecule has 1 aliphatic rings. The second kappa shape index (κ2) is 7.30. The molecule has 4 rings (SSSR count). The molecule has 2 aromatic heterocycles. The van der Waals surface area contributed by atoms with Crippen LogP contribution in [0.5, 0.6) is 0 Å². The maximum absolute atomic E-state index is 6.26. The Bertz CT molecular complexity index is 879. The van der Waals surface area contributed by atoms with Gasteiger partial charge < -0.3 is 14.6 Å². The Balaban J connectivity index is 1.72. The fourth-order valence-electron chi connectivity index (χ4n) is 3.47. The van der Waals surface area contributed by atoms with Gasteiger partial charge in [-0.2, -0.15) is 0 Å². The topological polar surface area (TPSA) is 41.3 Å². The predicted molar refractivity (Wildman–Crippen MR) is 107 cm³/mol. The fraction of sp³-hybridized carbons (Fsp3) is 0.238. The number of aromatic nitrogens is 1. The molecule has 132 valence electrons. The van der Waals surface area contributed by atoms with Gasteiger partial charge in [-0.05, 0) is 42.9 Å². The Kier molecular flexibility index (Phi) is 4.71. The van der Waals surface area contributed by atoms with Gasteiger partial charge in [-0.25, -0.2) is 0 Å². The molecule has 0 spiro atoms. The molecule has 0 amide bonds. The summed E-state index contributed by atoms with van der Waals surface area (Å²) in [5.41, 5.74) is 2.04. The van der Waals surface area contributed by atoms with Gasteiger partial charge in [-0.15, -0.1) is 0 Å². The van der Waals surface area contributed by atoms with Crippen molar-refractivity contribution in [2.75, 3.05) is 6.54 Å². The molecule has 1 saturated heterocycles. The third-order valence-corrected chi connectivity index (χ3v) is 4.99. The minimum atomic E-state index is -0.0231. The van der Waals surface area contributed by atoms with Crippen molar-refractivity contribution in [2.24, 2.45) is 0 Å². The Hall–Kier alpha value is -2.66. The maximum Gasteiger partial charge on any atom is 0.170 e. The Labute approximate surface area is 158 Å². The van der Waals surface area contributed by atoms with E-state index in [1.54, 1.807) is 0 Å². The highest BCUT2D eigenvalue weighted by atomic mass is 32.1. The van der Waals surface area contributed by atoms with Crippen molar-refractivity contribution in [3.63, 3.8) is 0 Å². The first-order chi connectivity index (χ1) is 12.8. The highest BCUT2D eigenvalue weighted by molar-refractivity contribution is 7.80. The van der Waals surface area contributed by atoms with E-state index in [-0.39, 0.29) is 12.1 Å². The molecule has 5 heteroatoms. The number of thiocarbonyl (C=S) groups is 1. The number of furan rings is 1. The number of rotatable bonds is 5. The van der Waals surface area contributed by atoms with E-state index >= 15 is 0 Å². The van der Waals surface area contributed by atoms with Gasteiger partial charge in [0.15, 0.2) is 5.11 Å². The van der Waals surface area contributed by atoms with E-state index in [4.69, 9.17) is 16.6 Å². The van der Waals surface area contributed by atoms with Crippen LogP contribution in [0.25, 0.3) is 11.3 Å². The zero-order valence-corrected chi connectivity index (χ0v) is 15.4. The molecule has 0 radical (unpaired) electrons. The number of nitrogens with one attached hydrogen (secondary N) is 1. The van der Waals surface area contributed by atoms with E-state index in [1.165, 1.54) is 0 Å². The van der Waals surface area contributed by atoms with E-state index in [0.29, 0.717) is 0 Å². The van der Waals surface area contributed by atoms with Crippen LogP contribution < -0.4 is 5.32 Å². The number of benzene rings is 1. The normalized spacial score (nSPS) is 19.6. The lowest BCUT2D eigenvalue weighted by molar-refractivity contribution is 0.275. The molecule has 1 aliphatic heterocycles. The molecular formula is C21H21N3OS. The molecule has 0 saturated carbocycles. The average Bonchev–Trinajstić information content (AvgIpc) is 3.29. The average molecular weight is 363 g/mol. The van der Waals surface area contributed by atoms with Gasteiger partial charge in [0, 0.05) is 18.3 Å². The lowest BCUT2D eigenvalue weighted by Crippen LogP contribution is -2.30. The van der Waals surface area contributed by atoms with Crippen LogP contribution in [0.2, 0.25) is 0 Å². The summed E-state index contributed by atoms with van der Waals surface area (Å²) in [6.45, 7) is 3.03. The second-order valence-electron chi connectivity index (χ2n) is 6.39. The third kappa shape index (κ3) is 3.10. The zero-order valence-electron chi connectivity index (χ0n) is 14.6. The minimum absolute atomic E-state index is 0.00480. The standard InChI is InChI=1S/C21H21N3OS/c1-2-14-24-20(19(23-21(24)26)16-10-6-7-13-22-16)18-12-11-17(25-18)15-8-4-3-5-9-15/h3-13,19-20H,2,14H2,1H3,(H,23,26)/t19-,20+/m0/s1. The molecule has 0 aliphatic carbocycles. The van der Waals surface area contributed by atoms with Crippen LogP contribution in [0, 0.1) is 0 Å². The van der Waals surface area contributed by atoms with Crippen LogP contribution in [0.1, 0.15) is 36.9 Å². The number of nitrogens with zero attached hydrogens (tertiary/aromatic N) is 2. The second-order valence-corrected chi connectivity index (χ2v) is 6.77. The molecule has 4 nitrogen and oxygen atoms in total. The first-order valence-electron chi connectivity index (χ1n) is 8.91. The first-order valence-corrected chi connectivity index (χ1v) is 9.32. The molecule has 0 bridgehead atoms. The Morgan fingerprint density at radius 1 is 1.08 bits per heavy atom. The molecule has 1 N–H and O–H groups in total. The van der Waals surface area contributed by atoms with Crippen molar-refractivity contribution >= 4 is 17.3 Å². The lowest BCUT2D eigenvalue weighted by atomic mass is 10.0. The molecule has 0 unspecified atom stereocenters. The van der Waals surface area contributed by atoms with Crippen molar-refractivity contribution in [3.8, 4) is 11.3 Å². The summed E-state index contributed by atoms with van der Waals surface area (Å²) in [6, 6.07) is 20.2. The molecule has 1 fully saturated rings. The summed E-state index contributed by atoms with van der Waals surface area (Å²) in [5.74, 6) is 1.77. The van der Waals surface area contributed by atoms with Gasteiger partial charge in [-0.1, -0.05) is 43.3 Å². The van der Waals surface area contributed by atoms with E-state index in [1.807, 2.05) is 48.7 Å². The monoisotopic (exact) mass is 363 g/mol. The lowest BCUT2D eigenvalue weighted by Gasteiger charge is -2.25. The smallest absolute Gasteiger partial charge is 0.170 e. The quantitative estimate of drug-likeness (QED) is 0.664. The van der Waals surface area contributed by atoms with Crippen molar-refractivity contribution in [1.29, 1.82) is 0 Å². The minimum Gasteiger partial charge on any atom is -0.459 e. The summed E-state index contributed by atoms with van der Waals surface area (Å²) < 4.78 is 6.26. The Morgan fingerprint density at radius 2 is 1.88 bits per heavy atom. The SMILES string of the molecule is CCCN1C(=S)N[C@@H](c2ccccn2)[C@H]1c1ccc(-c2ccccc2)o1. The summed E-state index contributed by atoms with van der Waals surface area (Å²) >= 11 is 5.61. The van der Waals surface area contributed by atoms with Gasteiger partial charge in [0.05, 0.1) is 11.7 Å². The highest BCUT2D eigenvalue weighted by Gasteiger charge is 2.41. The summed E-state index contributed by atoms with van der Waals surface area (Å²) in [7, 11) is 0. The maximum atomic E-state index is 6.26. The van der Waals surface area contributed by atoms with Gasteiger partial charge in [0.2, 0.25) is 0 Å². The molecular weight excluding hydrogens is 342 g/mol. The van der Waals surface area contributed by atoms with Crippen molar-refractivity contribution in [2.45, 2.75) is 25.4 Å². The van der Waals surface area contributed by atoms with Gasteiger partial charge >= 0.3 is 0 Å². The van der Waals surface area contributed by atoms with Crippen LogP contribution in [-0.4, -0.2) is 21.5 Å². The van der Waals surface area contributed by atoms with Crippen molar-refractivity contribution in [3.05, 3.63) is 78.3 Å². The van der Waals surface area contributed by atoms with Crippen LogP contribution >= 0.6 is 12.2 Å². The highest BCUT2D eigenvalue weighted by Crippen LogP contribution is 2.40. The van der Waals surface area contributed by atoms with Crippen LogP contribution in [0.15, 0.2) is 71.3 Å². The predicted octanol–water partition coefficient (Wildman–Crippen LogP) is 4.72. The zero-order chi connectivity index (χ0) is 17.9. The summed E-state index contributed by atoms with van der Waals surface area (Å²) in [5, 5.41) is 4.19. The van der Waals surface area contributed by atoms with Gasteiger partial charge in [-0.3, -0.25) is 4.98 Å². The number of pyridine rings is 1. The Morgan fingerprint density at radius 3 is 2.62 bits per heavy atom. The molecule has 3 heterocycles. The van der Waals surface area contributed by atoms with Crippen LogP contribution in [-0.2, 0) is 0 Å². The van der Waals surface area contributed by atoms with Gasteiger partial charge in [0.25, 0.3) is 0 Å². The van der Waals surface area contributed by atoms with E-state index in [2.05, 4.69) is 40.3 Å². The largest absolute Gasteiger partial charge is 0.459 e. The van der Waals surface area contributed by atoms with E-state index < -0.39 is 0 Å². The molecule has 1 aromatic carbocycles. The van der Waals surface area contributed by atoms with Crippen molar-refractivity contribution in [1.82, 2.24) is 15.2 Å². The fourth-order valence-corrected chi connectivity index (χ4v) is 3.80. The van der Waals surface area contributed by atoms with E-state index in [0.717, 1.165) is 40.9 Å². The van der Waals surface area contributed by atoms with Crippen LogP contribution in [0.4, 0.5) is 0 Å². The third-order valence-electron chi connectivity index (χ3n) is 4.64. The van der Waals surface area contributed by atoms with Crippen molar-refractivity contribution < 1.29 is 4.42 Å². The van der Waals surface area contributed by atoms with Gasteiger partial charge in [0.1, 0.15) is 17.6 Å².